The number of benzene rings is 2. The average Bonchev–Trinajstić information content (AvgIpc) is 3.27. The predicted molar refractivity (Wildman–Crippen MR) is 103 cm³/mol. The SMILES string of the molecule is O=C(CCCOC(=O)c1ccc(NC(=O)c2ccco2)cc1)c1ccc(F)cc1. The van der Waals surface area contributed by atoms with Gasteiger partial charge in [0.25, 0.3) is 5.91 Å². The molecular formula is C22H18FNO5. The Balaban J connectivity index is 1.43. The largest absolute Gasteiger partial charge is 0.462 e. The number of hydrogen-bond donors (Lipinski definition) is 1. The Morgan fingerprint density at radius 2 is 1.62 bits per heavy atom. The Morgan fingerprint density at radius 1 is 0.931 bits per heavy atom. The number of furan rings is 1. The van der Waals surface area contributed by atoms with Crippen LogP contribution in [0.3, 0.4) is 0 Å². The van der Waals surface area contributed by atoms with E-state index in [9.17, 15) is 18.8 Å². The van der Waals surface area contributed by atoms with Crippen LogP contribution in [0.25, 0.3) is 0 Å². The van der Waals surface area contributed by atoms with Crippen LogP contribution in [0.1, 0.15) is 44.1 Å². The van der Waals surface area contributed by atoms with E-state index in [1.54, 1.807) is 24.3 Å². The molecule has 1 amide bonds. The molecule has 0 radical (unpaired) electrons. The number of hydrogen-bond acceptors (Lipinski definition) is 5. The highest BCUT2D eigenvalue weighted by Crippen LogP contribution is 2.13. The number of amides is 1. The summed E-state index contributed by atoms with van der Waals surface area (Å²) in [7, 11) is 0. The van der Waals surface area contributed by atoms with E-state index < -0.39 is 17.7 Å². The van der Waals surface area contributed by atoms with E-state index >= 15 is 0 Å². The molecule has 0 aliphatic carbocycles. The van der Waals surface area contributed by atoms with Crippen molar-refractivity contribution in [3.05, 3.63) is 89.6 Å². The van der Waals surface area contributed by atoms with Crippen molar-refractivity contribution in [2.24, 2.45) is 0 Å². The summed E-state index contributed by atoms with van der Waals surface area (Å²) in [5.74, 6) is -1.28. The summed E-state index contributed by atoms with van der Waals surface area (Å²) in [6.45, 7) is 0.0861. The first-order valence-corrected chi connectivity index (χ1v) is 8.94. The molecule has 3 aromatic rings. The van der Waals surface area contributed by atoms with Gasteiger partial charge in [-0.3, -0.25) is 9.59 Å². The number of Topliss-reactive ketones (excluding diaryl/α,β-unsaturated/α-hetero) is 1. The second-order valence-electron chi connectivity index (χ2n) is 6.18. The molecular weight excluding hydrogens is 377 g/mol. The molecule has 0 atom stereocenters. The minimum atomic E-state index is -0.525. The van der Waals surface area contributed by atoms with E-state index in [0.29, 0.717) is 23.2 Å². The van der Waals surface area contributed by atoms with Crippen LogP contribution in [0, 0.1) is 5.82 Å². The third-order valence-electron chi connectivity index (χ3n) is 4.07. The van der Waals surface area contributed by atoms with Gasteiger partial charge in [0.05, 0.1) is 18.4 Å². The molecule has 0 spiro atoms. The molecule has 0 aliphatic heterocycles. The maximum atomic E-state index is 12.9. The van der Waals surface area contributed by atoms with Crippen molar-refractivity contribution in [2.45, 2.75) is 12.8 Å². The lowest BCUT2D eigenvalue weighted by molar-refractivity contribution is 0.0494. The van der Waals surface area contributed by atoms with Gasteiger partial charge in [0.15, 0.2) is 11.5 Å². The van der Waals surface area contributed by atoms with Crippen molar-refractivity contribution in [2.75, 3.05) is 11.9 Å². The number of anilines is 1. The molecule has 0 aliphatic rings. The first kappa shape index (κ1) is 20.0. The van der Waals surface area contributed by atoms with Gasteiger partial charge in [-0.25, -0.2) is 9.18 Å². The summed E-state index contributed by atoms with van der Waals surface area (Å²) >= 11 is 0. The smallest absolute Gasteiger partial charge is 0.338 e. The Bertz CT molecular complexity index is 979. The molecule has 0 saturated heterocycles. The standard InChI is InChI=1S/C22H18FNO5/c23-17-9-5-15(6-10-17)19(25)3-1-14-29-22(27)16-7-11-18(12-8-16)24-21(26)20-4-2-13-28-20/h2,4-13H,1,3,14H2,(H,24,26). The lowest BCUT2D eigenvalue weighted by Gasteiger charge is -2.07. The van der Waals surface area contributed by atoms with Crippen LogP contribution in [0.2, 0.25) is 0 Å². The van der Waals surface area contributed by atoms with E-state index in [-0.39, 0.29) is 24.6 Å². The first-order chi connectivity index (χ1) is 14.0. The van der Waals surface area contributed by atoms with E-state index in [0.717, 1.165) is 0 Å². The number of ketones is 1. The van der Waals surface area contributed by atoms with Crippen molar-refractivity contribution in [3.63, 3.8) is 0 Å². The van der Waals surface area contributed by atoms with Crippen molar-refractivity contribution in [1.82, 2.24) is 0 Å². The van der Waals surface area contributed by atoms with Crippen LogP contribution in [0.4, 0.5) is 10.1 Å². The average molecular weight is 395 g/mol. The third-order valence-corrected chi connectivity index (χ3v) is 4.07. The number of ether oxygens (including phenoxy) is 1. The summed E-state index contributed by atoms with van der Waals surface area (Å²) < 4.78 is 23.0. The van der Waals surface area contributed by atoms with E-state index in [2.05, 4.69) is 5.32 Å². The highest BCUT2D eigenvalue weighted by atomic mass is 19.1. The van der Waals surface area contributed by atoms with Gasteiger partial charge >= 0.3 is 5.97 Å². The van der Waals surface area contributed by atoms with Gasteiger partial charge in [-0.1, -0.05) is 0 Å². The molecule has 6 nitrogen and oxygen atoms in total. The minimum absolute atomic E-state index is 0.0861. The van der Waals surface area contributed by atoms with Gasteiger partial charge in [-0.05, 0) is 67.1 Å². The lowest BCUT2D eigenvalue weighted by atomic mass is 10.1. The van der Waals surface area contributed by atoms with Crippen molar-refractivity contribution in [1.29, 1.82) is 0 Å². The summed E-state index contributed by atoms with van der Waals surface area (Å²) in [6, 6.07) is 14.7. The van der Waals surface area contributed by atoms with Crippen molar-refractivity contribution in [3.8, 4) is 0 Å². The van der Waals surface area contributed by atoms with E-state index in [1.807, 2.05) is 0 Å². The molecule has 1 aromatic heterocycles. The molecule has 7 heteroatoms. The fraction of sp³-hybridized carbons (Fsp3) is 0.136. The Morgan fingerprint density at radius 3 is 2.28 bits per heavy atom. The number of nitrogens with one attached hydrogen (secondary N) is 1. The lowest BCUT2D eigenvalue weighted by Crippen LogP contribution is -2.11. The number of esters is 1. The van der Waals surface area contributed by atoms with Gasteiger partial charge in [0.2, 0.25) is 0 Å². The van der Waals surface area contributed by atoms with Crippen LogP contribution in [0.5, 0.6) is 0 Å². The zero-order chi connectivity index (χ0) is 20.6. The molecule has 3 rings (SSSR count). The van der Waals surface area contributed by atoms with Gasteiger partial charge in [0, 0.05) is 17.7 Å². The highest BCUT2D eigenvalue weighted by Gasteiger charge is 2.11. The van der Waals surface area contributed by atoms with Crippen LogP contribution >= 0.6 is 0 Å². The van der Waals surface area contributed by atoms with Crippen LogP contribution in [-0.2, 0) is 4.74 Å². The summed E-state index contributed by atoms with van der Waals surface area (Å²) in [4.78, 5) is 35.9. The zero-order valence-electron chi connectivity index (χ0n) is 15.4. The molecule has 0 bridgehead atoms. The van der Waals surface area contributed by atoms with Crippen molar-refractivity contribution < 1.29 is 27.9 Å². The van der Waals surface area contributed by atoms with E-state index in [1.165, 1.54) is 42.7 Å². The molecule has 148 valence electrons. The van der Waals surface area contributed by atoms with Crippen LogP contribution < -0.4 is 5.32 Å². The molecule has 29 heavy (non-hydrogen) atoms. The highest BCUT2D eigenvalue weighted by molar-refractivity contribution is 6.02. The summed E-state index contributed by atoms with van der Waals surface area (Å²) in [5.41, 5.74) is 1.25. The predicted octanol–water partition coefficient (Wildman–Crippen LogP) is 4.49. The Hall–Kier alpha value is -3.74. The van der Waals surface area contributed by atoms with E-state index in [4.69, 9.17) is 9.15 Å². The number of halogens is 1. The fourth-order valence-corrected chi connectivity index (χ4v) is 2.55. The molecule has 1 heterocycles. The molecule has 0 fully saturated rings. The fourth-order valence-electron chi connectivity index (χ4n) is 2.55. The molecule has 2 aromatic carbocycles. The minimum Gasteiger partial charge on any atom is -0.462 e. The summed E-state index contributed by atoms with van der Waals surface area (Å²) in [6.07, 6.45) is 1.96. The second kappa shape index (κ2) is 9.45. The molecule has 1 N–H and O–H groups in total. The normalized spacial score (nSPS) is 10.4. The summed E-state index contributed by atoms with van der Waals surface area (Å²) in [5, 5.41) is 2.65. The van der Waals surface area contributed by atoms with Gasteiger partial charge in [-0.15, -0.1) is 0 Å². The van der Waals surface area contributed by atoms with Gasteiger partial charge in [-0.2, -0.15) is 0 Å². The van der Waals surface area contributed by atoms with Crippen LogP contribution in [0.15, 0.2) is 71.3 Å². The Kier molecular flexibility index (Phi) is 6.52. The monoisotopic (exact) mass is 395 g/mol. The quantitative estimate of drug-likeness (QED) is 0.345. The second-order valence-corrected chi connectivity index (χ2v) is 6.18. The zero-order valence-corrected chi connectivity index (χ0v) is 15.4. The van der Waals surface area contributed by atoms with Gasteiger partial charge in [0.1, 0.15) is 5.82 Å². The van der Waals surface area contributed by atoms with Gasteiger partial charge < -0.3 is 14.5 Å². The number of rotatable bonds is 8. The Labute approximate surface area is 166 Å². The number of carbonyl (C=O) groups is 3. The first-order valence-electron chi connectivity index (χ1n) is 8.94. The topological polar surface area (TPSA) is 85.6 Å². The molecule has 0 saturated carbocycles. The van der Waals surface area contributed by atoms with Crippen molar-refractivity contribution >= 4 is 23.3 Å². The molecule has 0 unspecified atom stereocenters. The number of carbonyl (C=O) groups excluding carboxylic acids is 3. The maximum Gasteiger partial charge on any atom is 0.338 e. The van der Waals surface area contributed by atoms with Crippen LogP contribution in [-0.4, -0.2) is 24.3 Å². The third kappa shape index (κ3) is 5.62. The maximum absolute atomic E-state index is 12.9.